The van der Waals surface area contributed by atoms with Crippen LogP contribution in [0.5, 0.6) is 0 Å². The van der Waals surface area contributed by atoms with Crippen molar-refractivity contribution in [2.45, 2.75) is 58.4 Å². The van der Waals surface area contributed by atoms with Gasteiger partial charge in [0.05, 0.1) is 5.89 Å². The Balaban J connectivity index is 1.79. The van der Waals surface area contributed by atoms with Gasteiger partial charge in [0.25, 0.3) is 0 Å². The zero-order valence-corrected chi connectivity index (χ0v) is 13.7. The Labute approximate surface area is 138 Å². The highest BCUT2D eigenvalue weighted by atomic mass is 16.5. The molecule has 3 unspecified atom stereocenters. The molecule has 120 valence electrons. The molecule has 2 heteroatoms. The van der Waals surface area contributed by atoms with E-state index < -0.39 is 24.2 Å². The minimum atomic E-state index is -1.84. The maximum absolute atomic E-state index is 12.8. The smallest absolute Gasteiger partial charge is 0.309 e. The summed E-state index contributed by atoms with van der Waals surface area (Å²) in [4.78, 5) is 12.8. The first-order valence-electron chi connectivity index (χ1n) is 9.99. The lowest BCUT2D eigenvalue weighted by atomic mass is 9.75. The summed E-state index contributed by atoms with van der Waals surface area (Å²) in [5.74, 6) is -2.88. The van der Waals surface area contributed by atoms with E-state index in [9.17, 15) is 4.79 Å². The number of esters is 1. The topological polar surface area (TPSA) is 26.3 Å². The minimum absolute atomic E-state index is 0.203. The number of hydrogen-bond donors (Lipinski definition) is 0. The van der Waals surface area contributed by atoms with E-state index in [0.717, 1.165) is 19.3 Å². The highest BCUT2D eigenvalue weighted by molar-refractivity contribution is 5.77. The lowest BCUT2D eigenvalue weighted by Gasteiger charge is -2.36. The molecule has 0 radical (unpaired) electrons. The van der Waals surface area contributed by atoms with E-state index in [-0.39, 0.29) is 6.10 Å². The molecular formula is C20H28O2. The molecule has 6 atom stereocenters. The number of benzene rings is 1. The molecule has 0 heterocycles. The molecule has 2 aliphatic carbocycles. The normalized spacial score (nSPS) is 46.5. The fraction of sp³-hybridized carbons (Fsp3) is 0.650. The van der Waals surface area contributed by atoms with Crippen molar-refractivity contribution < 1.29 is 13.6 Å². The van der Waals surface area contributed by atoms with Crippen molar-refractivity contribution in [1.29, 1.82) is 0 Å². The molecule has 0 aromatic heterocycles. The van der Waals surface area contributed by atoms with Gasteiger partial charge in [0.2, 0.25) is 0 Å². The molecule has 2 fully saturated rings. The third-order valence-corrected chi connectivity index (χ3v) is 5.02. The van der Waals surface area contributed by atoms with E-state index in [4.69, 9.17) is 8.85 Å². The number of hydrogen-bond acceptors (Lipinski definition) is 2. The van der Waals surface area contributed by atoms with Crippen molar-refractivity contribution in [2.24, 2.45) is 23.6 Å². The first-order valence-corrected chi connectivity index (χ1v) is 8.41. The van der Waals surface area contributed by atoms with Crippen LogP contribution in [0, 0.1) is 23.6 Å². The fourth-order valence-electron chi connectivity index (χ4n) is 3.58. The zero-order chi connectivity index (χ0) is 18.4. The van der Waals surface area contributed by atoms with Crippen molar-refractivity contribution in [3.63, 3.8) is 0 Å². The molecule has 0 saturated heterocycles. The fourth-order valence-corrected chi connectivity index (χ4v) is 3.58. The van der Waals surface area contributed by atoms with Gasteiger partial charge in [-0.1, -0.05) is 57.5 Å². The summed E-state index contributed by atoms with van der Waals surface area (Å²) in [6, 6.07) is 8.82. The average Bonchev–Trinajstić information content (AvgIpc) is 3.04. The second-order valence-corrected chi connectivity index (χ2v) is 7.11. The van der Waals surface area contributed by atoms with E-state index in [1.54, 1.807) is 24.3 Å². The second-order valence-electron chi connectivity index (χ2n) is 7.11. The van der Waals surface area contributed by atoms with Crippen LogP contribution in [-0.4, -0.2) is 12.1 Å². The van der Waals surface area contributed by atoms with E-state index in [2.05, 4.69) is 20.8 Å². The Morgan fingerprint density at radius 2 is 2.05 bits per heavy atom. The van der Waals surface area contributed by atoms with Crippen molar-refractivity contribution >= 4 is 5.97 Å². The average molecular weight is 303 g/mol. The van der Waals surface area contributed by atoms with Gasteiger partial charge in [-0.05, 0) is 48.4 Å². The van der Waals surface area contributed by atoms with E-state index in [0.29, 0.717) is 23.3 Å². The Hall–Kier alpha value is -1.31. The first-order chi connectivity index (χ1) is 11.7. The van der Waals surface area contributed by atoms with Gasteiger partial charge >= 0.3 is 5.97 Å². The quantitative estimate of drug-likeness (QED) is 0.747. The van der Waals surface area contributed by atoms with Gasteiger partial charge in [-0.2, -0.15) is 0 Å². The Bertz CT molecular complexity index is 635. The van der Waals surface area contributed by atoms with Crippen molar-refractivity contribution in [2.75, 3.05) is 0 Å². The van der Waals surface area contributed by atoms with Crippen LogP contribution >= 0.6 is 0 Å². The molecule has 1 aromatic rings. The van der Waals surface area contributed by atoms with Gasteiger partial charge in [-0.25, -0.2) is 0 Å². The van der Waals surface area contributed by atoms with Gasteiger partial charge in [-0.15, -0.1) is 0 Å². The van der Waals surface area contributed by atoms with Gasteiger partial charge in [0, 0.05) is 4.11 Å². The molecule has 0 N–H and O–H groups in total. The highest BCUT2D eigenvalue weighted by Gasteiger charge is 2.46. The largest absolute Gasteiger partial charge is 0.462 e. The number of carbonyl (C=O) groups is 1. The maximum atomic E-state index is 12.8. The van der Waals surface area contributed by atoms with Crippen LogP contribution in [0.4, 0.5) is 0 Å². The molecule has 1 aromatic carbocycles. The summed E-state index contributed by atoms with van der Waals surface area (Å²) >= 11 is 0. The number of ether oxygens (including phenoxy) is 1. The van der Waals surface area contributed by atoms with Crippen LogP contribution in [0.1, 0.15) is 62.0 Å². The van der Waals surface area contributed by atoms with E-state index in [1.165, 1.54) is 0 Å². The molecular weight excluding hydrogens is 272 g/mol. The lowest BCUT2D eigenvalue weighted by molar-refractivity contribution is -0.157. The Kier molecular flexibility index (Phi) is 3.56. The molecule has 0 spiro atoms. The number of rotatable bonds is 4. The third-order valence-electron chi connectivity index (χ3n) is 5.02. The summed E-state index contributed by atoms with van der Waals surface area (Å²) in [7, 11) is 0. The molecule has 3 rings (SSSR count). The standard InChI is InChI=1S/C20H28O2/c1-13(2)16-10-9-14(3)11-19(16)22-20(21)18-12-17(18)15-7-5-4-6-8-15/h4-8,13-14,16-19H,9-12H2,1-3H3/t14?,16?,17-,18+,19?/m1/s1/i12D,17D,18D/t12-,14?,16?,17+,18-,19?/m0. The summed E-state index contributed by atoms with van der Waals surface area (Å²) in [5, 5.41) is 0. The van der Waals surface area contributed by atoms with Crippen LogP contribution in [0.15, 0.2) is 30.3 Å². The number of carbonyl (C=O) groups excluding carboxylic acids is 1. The maximum Gasteiger partial charge on any atom is 0.309 e. The minimum Gasteiger partial charge on any atom is -0.462 e. The molecule has 0 aliphatic heterocycles. The molecule has 0 bridgehead atoms. The van der Waals surface area contributed by atoms with E-state index >= 15 is 0 Å². The van der Waals surface area contributed by atoms with Gasteiger partial charge in [0.15, 0.2) is 0 Å². The summed E-state index contributed by atoms with van der Waals surface area (Å²) < 4.78 is 31.1. The monoisotopic (exact) mass is 303 g/mol. The zero-order valence-electron chi connectivity index (χ0n) is 16.7. The predicted molar refractivity (Wildman–Crippen MR) is 88.5 cm³/mol. The summed E-state index contributed by atoms with van der Waals surface area (Å²) in [6.07, 6.45) is 1.65. The Morgan fingerprint density at radius 1 is 1.32 bits per heavy atom. The van der Waals surface area contributed by atoms with Crippen molar-refractivity contribution in [1.82, 2.24) is 0 Å². The molecule has 2 nitrogen and oxygen atoms in total. The van der Waals surface area contributed by atoms with Gasteiger partial charge in [0.1, 0.15) is 6.10 Å². The molecule has 2 saturated carbocycles. The third kappa shape index (κ3) is 3.37. The lowest BCUT2D eigenvalue weighted by Crippen LogP contribution is -2.36. The first kappa shape index (κ1) is 12.2. The molecule has 0 amide bonds. The summed E-state index contributed by atoms with van der Waals surface area (Å²) in [5.41, 5.74) is 0.541. The SMILES string of the molecule is [2H][C@@H]1[C@]([2H])(C(=O)OC2CC(C)CCC2C(C)C)[C@@]1([2H])c1ccccc1. The van der Waals surface area contributed by atoms with Gasteiger partial charge < -0.3 is 4.74 Å². The summed E-state index contributed by atoms with van der Waals surface area (Å²) in [6.45, 7) is 6.44. The van der Waals surface area contributed by atoms with Crippen LogP contribution < -0.4 is 0 Å². The van der Waals surface area contributed by atoms with Crippen molar-refractivity contribution in [3.05, 3.63) is 35.9 Å². The van der Waals surface area contributed by atoms with Gasteiger partial charge in [-0.3, -0.25) is 4.79 Å². The second kappa shape index (κ2) is 6.44. The molecule has 22 heavy (non-hydrogen) atoms. The Morgan fingerprint density at radius 3 is 2.73 bits per heavy atom. The van der Waals surface area contributed by atoms with Crippen LogP contribution in [0.2, 0.25) is 0 Å². The van der Waals surface area contributed by atoms with Crippen molar-refractivity contribution in [3.8, 4) is 0 Å². The van der Waals surface area contributed by atoms with Crippen LogP contribution in [-0.2, 0) is 9.53 Å². The van der Waals surface area contributed by atoms with Crippen LogP contribution in [0.25, 0.3) is 0 Å². The molecule has 2 aliphatic rings. The van der Waals surface area contributed by atoms with E-state index in [1.807, 2.05) is 6.07 Å². The highest BCUT2D eigenvalue weighted by Crippen LogP contribution is 2.49. The van der Waals surface area contributed by atoms with Crippen LogP contribution in [0.3, 0.4) is 0 Å². The predicted octanol–water partition coefficient (Wildman–Crippen LogP) is 4.79.